The molecule has 0 aliphatic heterocycles. The lowest BCUT2D eigenvalue weighted by Gasteiger charge is -2.32. The maximum atomic E-state index is 6.46. The third-order valence-corrected chi connectivity index (χ3v) is 7.02. The Hall–Kier alpha value is -1.95. The molecule has 0 heterocycles. The molecule has 2 atom stereocenters. The van der Waals surface area contributed by atoms with E-state index in [0.717, 1.165) is 0 Å². The first-order chi connectivity index (χ1) is 11.3. The third kappa shape index (κ3) is 3.69. The molecule has 0 bridgehead atoms. The number of rotatable bonds is 5. The van der Waals surface area contributed by atoms with Crippen molar-refractivity contribution in [2.24, 2.45) is 5.73 Å². The van der Waals surface area contributed by atoms with Gasteiger partial charge in [0.15, 0.2) is 0 Å². The highest BCUT2D eigenvalue weighted by Crippen LogP contribution is 2.50. The molecule has 0 aromatic heterocycles. The summed E-state index contributed by atoms with van der Waals surface area (Å²) < 4.78 is 0. The summed E-state index contributed by atoms with van der Waals surface area (Å²) in [6.07, 6.45) is 0. The third-order valence-electron chi connectivity index (χ3n) is 3.99. The fourth-order valence-corrected chi connectivity index (χ4v) is 5.85. The van der Waals surface area contributed by atoms with Crippen LogP contribution in [0.4, 0.5) is 0 Å². The van der Waals surface area contributed by atoms with Gasteiger partial charge in [0.2, 0.25) is 0 Å². The second-order valence-corrected chi connectivity index (χ2v) is 8.08. The number of hydrogen-bond acceptors (Lipinski definition) is 1. The molecule has 0 amide bonds. The molecule has 2 unspecified atom stereocenters. The lowest BCUT2D eigenvalue weighted by Crippen LogP contribution is -2.29. The van der Waals surface area contributed by atoms with Crippen LogP contribution in [0, 0.1) is 0 Å². The molecule has 0 fully saturated rings. The van der Waals surface area contributed by atoms with E-state index in [-0.39, 0.29) is 6.04 Å². The van der Waals surface area contributed by atoms with Crippen LogP contribution in [0.25, 0.3) is 0 Å². The Balaban J connectivity index is 2.13. The predicted octanol–water partition coefficient (Wildman–Crippen LogP) is 4.21. The molecular formula is C21H22NP. The Morgan fingerprint density at radius 2 is 1.04 bits per heavy atom. The standard InChI is InChI=1S/C21H22NP/c1-17(22)21(18-11-5-2-6-12-18)23(19-13-7-3-8-14-19)20-15-9-4-10-16-20/h2-17,21H,22H2,1H3. The van der Waals surface area contributed by atoms with Crippen LogP contribution in [0.15, 0.2) is 91.0 Å². The number of hydrogen-bond donors (Lipinski definition) is 1. The Morgan fingerprint density at radius 3 is 1.43 bits per heavy atom. The molecule has 1 nitrogen and oxygen atoms in total. The monoisotopic (exact) mass is 319 g/mol. The van der Waals surface area contributed by atoms with Crippen molar-refractivity contribution in [2.75, 3.05) is 0 Å². The van der Waals surface area contributed by atoms with E-state index >= 15 is 0 Å². The van der Waals surface area contributed by atoms with E-state index in [4.69, 9.17) is 5.73 Å². The van der Waals surface area contributed by atoms with Crippen LogP contribution in [0.1, 0.15) is 18.1 Å². The maximum absolute atomic E-state index is 6.46. The molecule has 0 aliphatic carbocycles. The Morgan fingerprint density at radius 1 is 0.652 bits per heavy atom. The lowest BCUT2D eigenvalue weighted by atomic mass is 10.1. The summed E-state index contributed by atoms with van der Waals surface area (Å²) in [6, 6.07) is 32.3. The predicted molar refractivity (Wildman–Crippen MR) is 102 cm³/mol. The molecule has 0 radical (unpaired) electrons. The van der Waals surface area contributed by atoms with E-state index < -0.39 is 7.92 Å². The van der Waals surface area contributed by atoms with Gasteiger partial charge in [0.05, 0.1) is 0 Å². The molecule has 0 saturated carbocycles. The van der Waals surface area contributed by atoms with Crippen LogP contribution in [0.3, 0.4) is 0 Å². The minimum absolute atomic E-state index is 0.0870. The first-order valence-electron chi connectivity index (χ1n) is 7.97. The largest absolute Gasteiger partial charge is 0.327 e. The second-order valence-electron chi connectivity index (χ2n) is 5.76. The van der Waals surface area contributed by atoms with Gasteiger partial charge in [-0.2, -0.15) is 0 Å². The van der Waals surface area contributed by atoms with Gasteiger partial charge < -0.3 is 5.73 Å². The first kappa shape index (κ1) is 15.9. The normalized spacial score (nSPS) is 13.7. The van der Waals surface area contributed by atoms with E-state index in [1.54, 1.807) is 0 Å². The molecule has 3 aromatic rings. The van der Waals surface area contributed by atoms with Crippen molar-refractivity contribution in [3.8, 4) is 0 Å². The van der Waals surface area contributed by atoms with E-state index in [0.29, 0.717) is 5.66 Å². The summed E-state index contributed by atoms with van der Waals surface area (Å²) in [4.78, 5) is 0. The van der Waals surface area contributed by atoms with Crippen LogP contribution in [-0.4, -0.2) is 6.04 Å². The summed E-state index contributed by atoms with van der Waals surface area (Å²) in [7, 11) is -0.555. The molecule has 0 aliphatic rings. The Labute approximate surface area is 139 Å². The van der Waals surface area contributed by atoms with Crippen molar-refractivity contribution in [3.63, 3.8) is 0 Å². The number of benzene rings is 3. The Kier molecular flexibility index (Phi) is 5.23. The zero-order valence-electron chi connectivity index (χ0n) is 13.3. The van der Waals surface area contributed by atoms with Gasteiger partial charge in [-0.25, -0.2) is 0 Å². The summed E-state index contributed by atoms with van der Waals surface area (Å²) in [5, 5.41) is 2.75. The van der Waals surface area contributed by atoms with E-state index in [2.05, 4.69) is 97.9 Å². The smallest absolute Gasteiger partial charge is 0.0271 e. The average molecular weight is 319 g/mol. The summed E-state index contributed by atoms with van der Waals surface area (Å²) in [5.41, 5.74) is 8.08. The van der Waals surface area contributed by atoms with Crippen LogP contribution < -0.4 is 16.3 Å². The summed E-state index contributed by atoms with van der Waals surface area (Å²) in [6.45, 7) is 2.12. The minimum Gasteiger partial charge on any atom is -0.327 e. The molecule has 116 valence electrons. The first-order valence-corrected chi connectivity index (χ1v) is 9.38. The fourth-order valence-electron chi connectivity index (χ4n) is 2.99. The molecule has 3 aromatic carbocycles. The van der Waals surface area contributed by atoms with Gasteiger partial charge in [0, 0.05) is 11.7 Å². The molecule has 0 saturated heterocycles. The van der Waals surface area contributed by atoms with Crippen molar-refractivity contribution in [1.29, 1.82) is 0 Å². The van der Waals surface area contributed by atoms with Crippen molar-refractivity contribution in [2.45, 2.75) is 18.6 Å². The van der Waals surface area contributed by atoms with Crippen LogP contribution in [0.5, 0.6) is 0 Å². The van der Waals surface area contributed by atoms with Crippen molar-refractivity contribution in [1.82, 2.24) is 0 Å². The SMILES string of the molecule is CC(N)C(c1ccccc1)P(c1ccccc1)c1ccccc1. The van der Waals surface area contributed by atoms with Gasteiger partial charge in [-0.15, -0.1) is 0 Å². The summed E-state index contributed by atoms with van der Waals surface area (Å²) >= 11 is 0. The van der Waals surface area contributed by atoms with Gasteiger partial charge in [-0.1, -0.05) is 91.0 Å². The highest BCUT2D eigenvalue weighted by molar-refractivity contribution is 7.73. The second kappa shape index (κ2) is 7.55. The highest BCUT2D eigenvalue weighted by Gasteiger charge is 2.28. The number of nitrogens with two attached hydrogens (primary N) is 1. The van der Waals surface area contributed by atoms with E-state index in [9.17, 15) is 0 Å². The van der Waals surface area contributed by atoms with E-state index in [1.807, 2.05) is 0 Å². The van der Waals surface area contributed by atoms with Crippen LogP contribution >= 0.6 is 7.92 Å². The summed E-state index contributed by atoms with van der Waals surface area (Å²) in [5.74, 6) is 0. The molecule has 2 heteroatoms. The van der Waals surface area contributed by atoms with E-state index in [1.165, 1.54) is 16.2 Å². The van der Waals surface area contributed by atoms with Gasteiger partial charge in [-0.05, 0) is 31.0 Å². The topological polar surface area (TPSA) is 26.0 Å². The highest BCUT2D eigenvalue weighted by atomic mass is 31.1. The van der Waals surface area contributed by atoms with Gasteiger partial charge in [-0.3, -0.25) is 0 Å². The Bertz CT molecular complexity index is 671. The molecule has 2 N–H and O–H groups in total. The molecule has 23 heavy (non-hydrogen) atoms. The zero-order chi connectivity index (χ0) is 16.1. The zero-order valence-corrected chi connectivity index (χ0v) is 14.2. The van der Waals surface area contributed by atoms with Crippen LogP contribution in [0.2, 0.25) is 0 Å². The lowest BCUT2D eigenvalue weighted by molar-refractivity contribution is 0.716. The maximum Gasteiger partial charge on any atom is 0.0271 e. The fraction of sp³-hybridized carbons (Fsp3) is 0.143. The van der Waals surface area contributed by atoms with Crippen molar-refractivity contribution >= 4 is 18.5 Å². The van der Waals surface area contributed by atoms with Gasteiger partial charge in [0.25, 0.3) is 0 Å². The molecule has 3 rings (SSSR count). The van der Waals surface area contributed by atoms with Crippen molar-refractivity contribution in [3.05, 3.63) is 96.6 Å². The molecular weight excluding hydrogens is 297 g/mol. The van der Waals surface area contributed by atoms with Gasteiger partial charge in [0.1, 0.15) is 0 Å². The van der Waals surface area contributed by atoms with Crippen LogP contribution in [-0.2, 0) is 0 Å². The van der Waals surface area contributed by atoms with Gasteiger partial charge >= 0.3 is 0 Å². The van der Waals surface area contributed by atoms with Crippen molar-refractivity contribution < 1.29 is 0 Å². The quantitative estimate of drug-likeness (QED) is 0.701. The molecule has 0 spiro atoms. The average Bonchev–Trinajstić information content (AvgIpc) is 2.61. The minimum atomic E-state index is -0.555.